The molecule has 0 radical (unpaired) electrons. The molecular formula is C16H25N3OS. The fourth-order valence-electron chi connectivity index (χ4n) is 2.32. The zero-order chi connectivity index (χ0) is 16.0. The molecule has 0 aliphatic rings. The minimum Gasteiger partial charge on any atom is -0.393 e. The molecule has 0 aliphatic heterocycles. The first kappa shape index (κ1) is 17.4. The van der Waals surface area contributed by atoms with Crippen molar-refractivity contribution in [2.24, 2.45) is 17.6 Å². The average Bonchev–Trinajstić information content (AvgIpc) is 2.41. The quantitative estimate of drug-likeness (QED) is 0.760. The number of benzene rings is 1. The standard InChI is InChI=1S/C16H25N3OS/c1-5-19(6-2)13-9-7-12(8-10-13)18-16(20)14(11(3)4)15(17)21/h7-11,14H,5-6H2,1-4H3,(H2,17,21)(H,18,20). The molecule has 0 aromatic heterocycles. The molecule has 0 fully saturated rings. The van der Waals surface area contributed by atoms with E-state index in [0.717, 1.165) is 24.5 Å². The third-order valence-electron chi connectivity index (χ3n) is 3.52. The van der Waals surface area contributed by atoms with Gasteiger partial charge in [-0.3, -0.25) is 4.79 Å². The van der Waals surface area contributed by atoms with Gasteiger partial charge in [-0.05, 0) is 44.0 Å². The minimum absolute atomic E-state index is 0.0810. The van der Waals surface area contributed by atoms with Crippen LogP contribution in [0.15, 0.2) is 24.3 Å². The number of thiocarbonyl (C=S) groups is 1. The summed E-state index contributed by atoms with van der Waals surface area (Å²) in [5, 5.41) is 2.88. The van der Waals surface area contributed by atoms with E-state index >= 15 is 0 Å². The van der Waals surface area contributed by atoms with Gasteiger partial charge in [0.1, 0.15) is 0 Å². The molecule has 4 nitrogen and oxygen atoms in total. The first-order valence-electron chi connectivity index (χ1n) is 7.35. The van der Waals surface area contributed by atoms with E-state index in [1.807, 2.05) is 38.1 Å². The maximum atomic E-state index is 12.2. The van der Waals surface area contributed by atoms with Crippen LogP contribution in [0.4, 0.5) is 11.4 Å². The molecule has 1 rings (SSSR count). The van der Waals surface area contributed by atoms with Gasteiger partial charge in [-0.15, -0.1) is 0 Å². The van der Waals surface area contributed by atoms with Crippen molar-refractivity contribution >= 4 is 34.5 Å². The van der Waals surface area contributed by atoms with Gasteiger partial charge in [0.25, 0.3) is 0 Å². The Labute approximate surface area is 132 Å². The number of amides is 1. The van der Waals surface area contributed by atoms with E-state index < -0.39 is 5.92 Å². The van der Waals surface area contributed by atoms with Crippen LogP contribution in [0.5, 0.6) is 0 Å². The second-order valence-electron chi connectivity index (χ2n) is 5.33. The molecule has 0 saturated carbocycles. The van der Waals surface area contributed by atoms with Crippen LogP contribution in [0.1, 0.15) is 27.7 Å². The van der Waals surface area contributed by atoms with Gasteiger partial charge in [0.15, 0.2) is 0 Å². The predicted molar refractivity (Wildman–Crippen MR) is 93.7 cm³/mol. The summed E-state index contributed by atoms with van der Waals surface area (Å²) in [5.74, 6) is -0.506. The highest BCUT2D eigenvalue weighted by Crippen LogP contribution is 2.19. The van der Waals surface area contributed by atoms with Crippen molar-refractivity contribution in [3.05, 3.63) is 24.3 Å². The van der Waals surface area contributed by atoms with Gasteiger partial charge < -0.3 is 16.0 Å². The lowest BCUT2D eigenvalue weighted by Gasteiger charge is -2.22. The zero-order valence-electron chi connectivity index (χ0n) is 13.2. The maximum absolute atomic E-state index is 12.2. The molecule has 0 spiro atoms. The SMILES string of the molecule is CCN(CC)c1ccc(NC(=O)C(C(N)=S)C(C)C)cc1. The van der Waals surface area contributed by atoms with E-state index in [-0.39, 0.29) is 16.8 Å². The van der Waals surface area contributed by atoms with E-state index in [1.54, 1.807) is 0 Å². The number of anilines is 2. The third-order valence-corrected chi connectivity index (χ3v) is 3.77. The number of hydrogen-bond donors (Lipinski definition) is 2. The van der Waals surface area contributed by atoms with Gasteiger partial charge in [-0.2, -0.15) is 0 Å². The predicted octanol–water partition coefficient (Wildman–Crippen LogP) is 3.03. The number of carbonyl (C=O) groups is 1. The average molecular weight is 307 g/mol. The fraction of sp³-hybridized carbons (Fsp3) is 0.500. The summed E-state index contributed by atoms with van der Waals surface area (Å²) >= 11 is 4.98. The van der Waals surface area contributed by atoms with Gasteiger partial charge in [-0.25, -0.2) is 0 Å². The van der Waals surface area contributed by atoms with Crippen molar-refractivity contribution in [3.8, 4) is 0 Å². The highest BCUT2D eigenvalue weighted by atomic mass is 32.1. The summed E-state index contributed by atoms with van der Waals surface area (Å²) in [6.45, 7) is 10.0. The smallest absolute Gasteiger partial charge is 0.234 e. The topological polar surface area (TPSA) is 58.4 Å². The number of rotatable bonds is 7. The van der Waals surface area contributed by atoms with Crippen LogP contribution < -0.4 is 16.0 Å². The lowest BCUT2D eigenvalue weighted by Crippen LogP contribution is -2.36. The van der Waals surface area contributed by atoms with Crippen LogP contribution in [-0.2, 0) is 4.79 Å². The van der Waals surface area contributed by atoms with Gasteiger partial charge in [0.05, 0.1) is 10.9 Å². The molecule has 0 bridgehead atoms. The Morgan fingerprint density at radius 2 is 1.76 bits per heavy atom. The number of nitrogens with zero attached hydrogens (tertiary/aromatic N) is 1. The van der Waals surface area contributed by atoms with E-state index in [9.17, 15) is 4.79 Å². The van der Waals surface area contributed by atoms with Gasteiger partial charge in [0.2, 0.25) is 5.91 Å². The van der Waals surface area contributed by atoms with Crippen molar-refractivity contribution in [2.45, 2.75) is 27.7 Å². The van der Waals surface area contributed by atoms with Crippen molar-refractivity contribution in [1.82, 2.24) is 0 Å². The summed E-state index contributed by atoms with van der Waals surface area (Å²) in [7, 11) is 0. The summed E-state index contributed by atoms with van der Waals surface area (Å²) in [6.07, 6.45) is 0. The largest absolute Gasteiger partial charge is 0.393 e. The van der Waals surface area contributed by atoms with Crippen molar-refractivity contribution < 1.29 is 4.79 Å². The Kier molecular flexibility index (Phi) is 6.62. The molecule has 21 heavy (non-hydrogen) atoms. The van der Waals surface area contributed by atoms with Gasteiger partial charge in [0, 0.05) is 24.5 Å². The monoisotopic (exact) mass is 307 g/mol. The molecule has 0 aliphatic carbocycles. The molecule has 1 aromatic rings. The Morgan fingerprint density at radius 3 is 2.14 bits per heavy atom. The molecular weight excluding hydrogens is 282 g/mol. The molecule has 1 amide bonds. The Balaban J connectivity index is 2.79. The van der Waals surface area contributed by atoms with Crippen molar-refractivity contribution in [3.63, 3.8) is 0 Å². The van der Waals surface area contributed by atoms with Crippen LogP contribution >= 0.6 is 12.2 Å². The number of nitrogens with one attached hydrogen (secondary N) is 1. The number of hydrogen-bond acceptors (Lipinski definition) is 3. The van der Waals surface area contributed by atoms with Crippen LogP contribution in [0.3, 0.4) is 0 Å². The zero-order valence-corrected chi connectivity index (χ0v) is 14.0. The molecule has 1 aromatic carbocycles. The summed E-state index contributed by atoms with van der Waals surface area (Å²) in [6, 6.07) is 7.83. The molecule has 0 heterocycles. The van der Waals surface area contributed by atoms with Gasteiger partial charge in [-0.1, -0.05) is 26.1 Å². The molecule has 5 heteroatoms. The summed E-state index contributed by atoms with van der Waals surface area (Å²) in [4.78, 5) is 14.7. The molecule has 0 saturated heterocycles. The highest BCUT2D eigenvalue weighted by Gasteiger charge is 2.24. The van der Waals surface area contributed by atoms with Crippen LogP contribution in [0, 0.1) is 11.8 Å². The Bertz CT molecular complexity index is 481. The highest BCUT2D eigenvalue weighted by molar-refractivity contribution is 7.80. The van der Waals surface area contributed by atoms with Crippen molar-refractivity contribution in [2.75, 3.05) is 23.3 Å². The first-order chi connectivity index (χ1) is 9.90. The lowest BCUT2D eigenvalue weighted by atomic mass is 9.95. The molecule has 1 unspecified atom stereocenters. The van der Waals surface area contributed by atoms with Crippen LogP contribution in [0.2, 0.25) is 0 Å². The minimum atomic E-state index is -0.442. The normalized spacial score (nSPS) is 12.0. The maximum Gasteiger partial charge on any atom is 0.234 e. The first-order valence-corrected chi connectivity index (χ1v) is 7.76. The number of carbonyl (C=O) groups excluding carboxylic acids is 1. The second-order valence-corrected chi connectivity index (χ2v) is 5.80. The van der Waals surface area contributed by atoms with Crippen LogP contribution in [0.25, 0.3) is 0 Å². The van der Waals surface area contributed by atoms with E-state index in [1.165, 1.54) is 0 Å². The van der Waals surface area contributed by atoms with Gasteiger partial charge >= 0.3 is 0 Å². The number of nitrogens with two attached hydrogens (primary N) is 1. The molecule has 3 N–H and O–H groups in total. The third kappa shape index (κ3) is 4.70. The van der Waals surface area contributed by atoms with E-state index in [2.05, 4.69) is 24.1 Å². The Morgan fingerprint density at radius 1 is 1.24 bits per heavy atom. The fourth-order valence-corrected chi connectivity index (χ4v) is 2.70. The van der Waals surface area contributed by atoms with Crippen molar-refractivity contribution in [1.29, 1.82) is 0 Å². The second kappa shape index (κ2) is 7.98. The summed E-state index contributed by atoms with van der Waals surface area (Å²) < 4.78 is 0. The molecule has 116 valence electrons. The lowest BCUT2D eigenvalue weighted by molar-refractivity contribution is -0.118. The molecule has 1 atom stereocenters. The Hall–Kier alpha value is -1.62. The summed E-state index contributed by atoms with van der Waals surface area (Å²) in [5.41, 5.74) is 7.56. The van der Waals surface area contributed by atoms with E-state index in [0.29, 0.717) is 0 Å². The van der Waals surface area contributed by atoms with E-state index in [4.69, 9.17) is 18.0 Å². The van der Waals surface area contributed by atoms with Crippen LogP contribution in [-0.4, -0.2) is 24.0 Å².